The van der Waals surface area contributed by atoms with E-state index >= 15 is 0 Å². The van der Waals surface area contributed by atoms with Gasteiger partial charge in [0.2, 0.25) is 0 Å². The van der Waals surface area contributed by atoms with Crippen LogP contribution < -0.4 is 56.5 Å². The van der Waals surface area contributed by atoms with Gasteiger partial charge in [-0.15, -0.1) is 0 Å². The van der Waals surface area contributed by atoms with Crippen molar-refractivity contribution in [2.75, 3.05) is 0 Å². The molecule has 0 aromatic heterocycles. The fourth-order valence-corrected chi connectivity index (χ4v) is 2.47. The molecular formula is C14H13KN2O6. The number of benzene rings is 1. The second kappa shape index (κ2) is 7.62. The predicted molar refractivity (Wildman–Crippen MR) is 71.8 cm³/mol. The van der Waals surface area contributed by atoms with Crippen LogP contribution in [0, 0.1) is 16.0 Å². The third kappa shape index (κ3) is 3.69. The predicted octanol–water partition coefficient (Wildman–Crippen LogP) is -2.64. The molecular weight excluding hydrogens is 331 g/mol. The van der Waals surface area contributed by atoms with Crippen LogP contribution in [-0.2, 0) is 4.79 Å². The molecule has 9 heteroatoms. The van der Waals surface area contributed by atoms with E-state index in [2.05, 4.69) is 0 Å². The standard InChI is InChI=1S/C14H14N2O6.K/c1-7(2)6-10(14(19)20)15-12(17)8-4-3-5-9(16(21)22)11(8)13(15)18;/h3-5,7,10H,6H2,1-2H3,(H,19,20);/q;+1/p-1. The maximum atomic E-state index is 12.4. The van der Waals surface area contributed by atoms with Crippen molar-refractivity contribution < 1.29 is 75.8 Å². The molecule has 1 aromatic rings. The quantitative estimate of drug-likeness (QED) is 0.249. The normalized spacial score (nSPS) is 14.5. The first kappa shape index (κ1) is 19.9. The number of amides is 2. The van der Waals surface area contributed by atoms with Crippen molar-refractivity contribution in [2.24, 2.45) is 5.92 Å². The number of hydrogen-bond donors (Lipinski definition) is 0. The summed E-state index contributed by atoms with van der Waals surface area (Å²) in [4.78, 5) is 46.7. The summed E-state index contributed by atoms with van der Waals surface area (Å²) < 4.78 is 0. The fraction of sp³-hybridized carbons (Fsp3) is 0.357. The zero-order valence-electron chi connectivity index (χ0n) is 12.9. The molecule has 2 amide bonds. The van der Waals surface area contributed by atoms with Crippen molar-refractivity contribution in [3.63, 3.8) is 0 Å². The molecule has 0 saturated carbocycles. The van der Waals surface area contributed by atoms with E-state index in [0.717, 1.165) is 6.07 Å². The maximum Gasteiger partial charge on any atom is 1.00 e. The van der Waals surface area contributed by atoms with E-state index in [1.165, 1.54) is 12.1 Å². The molecule has 0 radical (unpaired) electrons. The van der Waals surface area contributed by atoms with E-state index in [1.807, 2.05) is 0 Å². The number of nitro benzene ring substituents is 1. The van der Waals surface area contributed by atoms with Crippen molar-refractivity contribution in [3.8, 4) is 0 Å². The Hall–Kier alpha value is -1.13. The number of carboxylic acids is 1. The number of hydrogen-bond acceptors (Lipinski definition) is 6. The van der Waals surface area contributed by atoms with Crippen LogP contribution in [0.3, 0.4) is 0 Å². The molecule has 0 N–H and O–H groups in total. The molecule has 1 aromatic carbocycles. The molecule has 1 aliphatic rings. The SMILES string of the molecule is CC(C)CC(C(=O)[O-])N1C(=O)c2cccc([N+](=O)[O-])c2C1=O.[K+]. The Labute approximate surface area is 174 Å². The number of rotatable bonds is 5. The molecule has 2 rings (SSSR count). The van der Waals surface area contributed by atoms with Crippen LogP contribution in [0.15, 0.2) is 18.2 Å². The van der Waals surface area contributed by atoms with Gasteiger partial charge in [-0.05, 0) is 18.4 Å². The number of imide groups is 1. The average molecular weight is 344 g/mol. The molecule has 0 aliphatic carbocycles. The van der Waals surface area contributed by atoms with E-state index in [1.54, 1.807) is 13.8 Å². The van der Waals surface area contributed by atoms with E-state index < -0.39 is 34.4 Å². The Morgan fingerprint density at radius 2 is 1.87 bits per heavy atom. The minimum Gasteiger partial charge on any atom is -0.548 e. The number of aliphatic carboxylic acids is 1. The molecule has 1 unspecified atom stereocenters. The van der Waals surface area contributed by atoms with Crippen LogP contribution in [0.1, 0.15) is 41.0 Å². The molecule has 23 heavy (non-hydrogen) atoms. The molecule has 8 nitrogen and oxygen atoms in total. The van der Waals surface area contributed by atoms with Crippen LogP contribution in [-0.4, -0.2) is 33.6 Å². The van der Waals surface area contributed by atoms with Crippen LogP contribution in [0.5, 0.6) is 0 Å². The van der Waals surface area contributed by atoms with Crippen molar-refractivity contribution in [3.05, 3.63) is 39.4 Å². The van der Waals surface area contributed by atoms with Gasteiger partial charge in [0, 0.05) is 6.07 Å². The monoisotopic (exact) mass is 344 g/mol. The molecule has 1 atom stereocenters. The molecule has 116 valence electrons. The minimum atomic E-state index is -1.56. The van der Waals surface area contributed by atoms with Gasteiger partial charge in [0.1, 0.15) is 5.56 Å². The van der Waals surface area contributed by atoms with Gasteiger partial charge in [0.05, 0.1) is 22.5 Å². The van der Waals surface area contributed by atoms with Gasteiger partial charge in [-0.1, -0.05) is 19.9 Å². The van der Waals surface area contributed by atoms with E-state index in [0.29, 0.717) is 4.90 Å². The summed E-state index contributed by atoms with van der Waals surface area (Å²) in [7, 11) is 0. The molecule has 0 spiro atoms. The smallest absolute Gasteiger partial charge is 0.548 e. The first-order valence-corrected chi connectivity index (χ1v) is 6.61. The topological polar surface area (TPSA) is 121 Å². The first-order valence-electron chi connectivity index (χ1n) is 6.61. The van der Waals surface area contributed by atoms with Gasteiger partial charge in [-0.2, -0.15) is 0 Å². The van der Waals surface area contributed by atoms with Gasteiger partial charge in [-0.3, -0.25) is 24.6 Å². The third-order valence-electron chi connectivity index (χ3n) is 3.40. The molecule has 0 fully saturated rings. The van der Waals surface area contributed by atoms with Crippen molar-refractivity contribution in [1.82, 2.24) is 4.90 Å². The molecule has 0 saturated heterocycles. The number of carboxylic acid groups (broad SMARTS) is 1. The van der Waals surface area contributed by atoms with Gasteiger partial charge < -0.3 is 9.90 Å². The Morgan fingerprint density at radius 3 is 2.35 bits per heavy atom. The second-order valence-corrected chi connectivity index (χ2v) is 5.40. The third-order valence-corrected chi connectivity index (χ3v) is 3.40. The summed E-state index contributed by atoms with van der Waals surface area (Å²) in [5.41, 5.74) is -1.04. The van der Waals surface area contributed by atoms with Crippen LogP contribution in [0.4, 0.5) is 5.69 Å². The fourth-order valence-electron chi connectivity index (χ4n) is 2.47. The van der Waals surface area contributed by atoms with Gasteiger partial charge >= 0.3 is 51.4 Å². The summed E-state index contributed by atoms with van der Waals surface area (Å²) in [6, 6.07) is 2.20. The summed E-state index contributed by atoms with van der Waals surface area (Å²) in [5, 5.41) is 22.3. The minimum absolute atomic E-state index is 0. The van der Waals surface area contributed by atoms with Gasteiger partial charge in [0.25, 0.3) is 17.5 Å². The summed E-state index contributed by atoms with van der Waals surface area (Å²) in [6.07, 6.45) is 0.0155. The Morgan fingerprint density at radius 1 is 1.26 bits per heavy atom. The van der Waals surface area contributed by atoms with Gasteiger partial charge in [-0.25, -0.2) is 0 Å². The zero-order chi connectivity index (χ0) is 16.6. The van der Waals surface area contributed by atoms with Crippen molar-refractivity contribution in [2.45, 2.75) is 26.3 Å². The number of carbonyl (C=O) groups excluding carboxylic acids is 3. The Balaban J connectivity index is 0.00000264. The van der Waals surface area contributed by atoms with Crippen molar-refractivity contribution >= 4 is 23.5 Å². The number of carbonyl (C=O) groups is 3. The summed E-state index contributed by atoms with van der Waals surface area (Å²) in [5.74, 6) is -3.49. The molecule has 1 aliphatic heterocycles. The first-order chi connectivity index (χ1) is 10.3. The Kier molecular flexibility index (Phi) is 6.60. The number of fused-ring (bicyclic) bond motifs is 1. The summed E-state index contributed by atoms with van der Waals surface area (Å²) >= 11 is 0. The largest absolute Gasteiger partial charge is 1.00 e. The van der Waals surface area contributed by atoms with E-state index in [9.17, 15) is 29.6 Å². The van der Waals surface area contributed by atoms with Crippen LogP contribution in [0.2, 0.25) is 0 Å². The second-order valence-electron chi connectivity index (χ2n) is 5.40. The van der Waals surface area contributed by atoms with Crippen molar-refractivity contribution in [1.29, 1.82) is 0 Å². The number of nitrogens with zero attached hydrogens (tertiary/aromatic N) is 2. The number of nitro groups is 1. The van der Waals surface area contributed by atoms with Gasteiger partial charge in [0.15, 0.2) is 0 Å². The molecule has 0 bridgehead atoms. The van der Waals surface area contributed by atoms with E-state index in [-0.39, 0.29) is 74.9 Å². The zero-order valence-corrected chi connectivity index (χ0v) is 16.1. The average Bonchev–Trinajstić information content (AvgIpc) is 2.68. The van der Waals surface area contributed by atoms with E-state index in [4.69, 9.17) is 0 Å². The van der Waals surface area contributed by atoms with Crippen LogP contribution >= 0.6 is 0 Å². The summed E-state index contributed by atoms with van der Waals surface area (Å²) in [6.45, 7) is 3.47. The Bertz CT molecular complexity index is 688. The van der Waals surface area contributed by atoms with Crippen LogP contribution in [0.25, 0.3) is 0 Å². The maximum absolute atomic E-state index is 12.4. The molecule has 1 heterocycles.